The van der Waals surface area contributed by atoms with E-state index < -0.39 is 0 Å². The molecule has 138 valence electrons. The number of hydrogen-bond acceptors (Lipinski definition) is 4. The highest BCUT2D eigenvalue weighted by atomic mass is 19.1. The van der Waals surface area contributed by atoms with E-state index in [0.29, 0.717) is 38.4 Å². The minimum atomic E-state index is -0.369. The summed E-state index contributed by atoms with van der Waals surface area (Å²) in [6, 6.07) is 7.67. The van der Waals surface area contributed by atoms with Crippen LogP contribution in [0.2, 0.25) is 0 Å². The van der Waals surface area contributed by atoms with Gasteiger partial charge in [-0.25, -0.2) is 9.18 Å². The Labute approximate surface area is 152 Å². The lowest BCUT2D eigenvalue weighted by atomic mass is 10.2. The number of anilines is 1. The molecule has 1 aromatic rings. The Morgan fingerprint density at radius 2 is 2.19 bits per heavy atom. The van der Waals surface area contributed by atoms with Crippen LogP contribution < -0.4 is 10.2 Å². The first-order chi connectivity index (χ1) is 12.6. The monoisotopic (exact) mass is 359 g/mol. The van der Waals surface area contributed by atoms with Gasteiger partial charge in [0.15, 0.2) is 0 Å². The highest BCUT2D eigenvalue weighted by Gasteiger charge is 2.30. The van der Waals surface area contributed by atoms with Gasteiger partial charge in [-0.05, 0) is 31.0 Å². The van der Waals surface area contributed by atoms with E-state index in [-0.39, 0.29) is 30.3 Å². The van der Waals surface area contributed by atoms with Gasteiger partial charge in [-0.3, -0.25) is 9.69 Å². The van der Waals surface area contributed by atoms with Gasteiger partial charge in [0, 0.05) is 38.4 Å². The summed E-state index contributed by atoms with van der Waals surface area (Å²) in [6.45, 7) is 2.82. The minimum absolute atomic E-state index is 0.0804. The third-order valence-corrected chi connectivity index (χ3v) is 4.77. The topological polar surface area (TPSA) is 79.7 Å². The van der Waals surface area contributed by atoms with Gasteiger partial charge in [0.2, 0.25) is 5.91 Å². The number of nitrogens with zero attached hydrogens (tertiary/aromatic N) is 4. The van der Waals surface area contributed by atoms with Crippen LogP contribution in [0.4, 0.5) is 14.9 Å². The Kier molecular flexibility index (Phi) is 5.68. The molecular formula is C18H22FN5O2. The van der Waals surface area contributed by atoms with Crippen molar-refractivity contribution < 1.29 is 14.0 Å². The van der Waals surface area contributed by atoms with Crippen LogP contribution in [-0.2, 0) is 4.79 Å². The van der Waals surface area contributed by atoms with Gasteiger partial charge in [-0.1, -0.05) is 6.07 Å². The predicted octanol–water partition coefficient (Wildman–Crippen LogP) is 1.17. The van der Waals surface area contributed by atoms with Crippen LogP contribution >= 0.6 is 0 Å². The van der Waals surface area contributed by atoms with Crippen molar-refractivity contribution in [1.29, 1.82) is 5.26 Å². The second kappa shape index (κ2) is 8.15. The Morgan fingerprint density at radius 3 is 2.96 bits per heavy atom. The molecule has 0 saturated carbocycles. The number of likely N-dealkylation sites (tertiary alicyclic amines) is 1. The van der Waals surface area contributed by atoms with E-state index in [1.165, 1.54) is 12.1 Å². The van der Waals surface area contributed by atoms with Crippen molar-refractivity contribution in [3.05, 3.63) is 30.1 Å². The molecular weight excluding hydrogens is 337 g/mol. The van der Waals surface area contributed by atoms with E-state index in [1.54, 1.807) is 26.8 Å². The zero-order chi connectivity index (χ0) is 18.5. The van der Waals surface area contributed by atoms with Gasteiger partial charge in [0.1, 0.15) is 11.9 Å². The molecule has 1 N–H and O–H groups in total. The molecule has 2 aliphatic heterocycles. The second-order valence-corrected chi connectivity index (χ2v) is 6.45. The van der Waals surface area contributed by atoms with Crippen LogP contribution in [0.1, 0.15) is 12.8 Å². The first-order valence-electron chi connectivity index (χ1n) is 8.82. The number of amides is 3. The Hall–Kier alpha value is -2.66. The van der Waals surface area contributed by atoms with Crippen LogP contribution in [0.3, 0.4) is 0 Å². The van der Waals surface area contributed by atoms with Crippen molar-refractivity contribution in [3.8, 4) is 6.07 Å². The van der Waals surface area contributed by atoms with Gasteiger partial charge < -0.3 is 15.1 Å². The number of hydrogen-bond donors (Lipinski definition) is 1. The van der Waals surface area contributed by atoms with Crippen LogP contribution in [0.25, 0.3) is 0 Å². The van der Waals surface area contributed by atoms with E-state index in [1.807, 2.05) is 0 Å². The van der Waals surface area contributed by atoms with Crippen LogP contribution in [0.15, 0.2) is 24.3 Å². The van der Waals surface area contributed by atoms with Crippen molar-refractivity contribution >= 4 is 17.6 Å². The highest BCUT2D eigenvalue weighted by Crippen LogP contribution is 2.20. The fourth-order valence-electron chi connectivity index (χ4n) is 3.38. The molecule has 0 spiro atoms. The molecule has 0 aromatic heterocycles. The standard InChI is InChI=1S/C18H22FN5O2/c19-14-3-1-4-15(11-14)24-10-9-22(18(24)26)8-6-21-13-17(25)23-7-2-5-16(23)12-20/h1,3-4,11,16,21H,2,5-10,13H2. The number of benzene rings is 1. The van der Waals surface area contributed by atoms with Gasteiger partial charge in [0.25, 0.3) is 0 Å². The molecule has 2 fully saturated rings. The maximum Gasteiger partial charge on any atom is 0.324 e. The Balaban J connectivity index is 1.42. The van der Waals surface area contributed by atoms with Crippen LogP contribution in [0, 0.1) is 17.1 Å². The molecule has 2 heterocycles. The average molecular weight is 359 g/mol. The van der Waals surface area contributed by atoms with E-state index >= 15 is 0 Å². The number of carbonyl (C=O) groups excluding carboxylic acids is 2. The summed E-state index contributed by atoms with van der Waals surface area (Å²) in [6.07, 6.45) is 1.60. The van der Waals surface area contributed by atoms with Crippen molar-refractivity contribution in [1.82, 2.24) is 15.1 Å². The zero-order valence-corrected chi connectivity index (χ0v) is 14.5. The average Bonchev–Trinajstić information content (AvgIpc) is 3.25. The number of halogens is 1. The van der Waals surface area contributed by atoms with Crippen molar-refractivity contribution in [2.24, 2.45) is 0 Å². The van der Waals surface area contributed by atoms with E-state index in [4.69, 9.17) is 5.26 Å². The normalized spacial score (nSPS) is 19.9. The molecule has 7 nitrogen and oxygen atoms in total. The molecule has 26 heavy (non-hydrogen) atoms. The third kappa shape index (κ3) is 3.94. The number of rotatable bonds is 6. The summed E-state index contributed by atoms with van der Waals surface area (Å²) in [5.41, 5.74) is 0.553. The largest absolute Gasteiger partial charge is 0.326 e. The van der Waals surface area contributed by atoms with Crippen LogP contribution in [-0.4, -0.2) is 67.0 Å². The molecule has 0 radical (unpaired) electrons. The lowest BCUT2D eigenvalue weighted by Gasteiger charge is -2.21. The summed E-state index contributed by atoms with van der Waals surface area (Å²) >= 11 is 0. The maximum atomic E-state index is 13.3. The van der Waals surface area contributed by atoms with Gasteiger partial charge in [0.05, 0.1) is 12.6 Å². The summed E-state index contributed by atoms with van der Waals surface area (Å²) in [5, 5.41) is 12.1. The van der Waals surface area contributed by atoms with Gasteiger partial charge >= 0.3 is 6.03 Å². The van der Waals surface area contributed by atoms with Crippen LogP contribution in [0.5, 0.6) is 0 Å². The summed E-state index contributed by atoms with van der Waals surface area (Å²) in [5.74, 6) is -0.449. The number of carbonyl (C=O) groups is 2. The Bertz CT molecular complexity index is 720. The molecule has 0 bridgehead atoms. The molecule has 1 aromatic carbocycles. The van der Waals surface area contributed by atoms with Crippen molar-refractivity contribution in [3.63, 3.8) is 0 Å². The highest BCUT2D eigenvalue weighted by molar-refractivity contribution is 5.94. The smallest absolute Gasteiger partial charge is 0.324 e. The van der Waals surface area contributed by atoms with Gasteiger partial charge in [-0.15, -0.1) is 0 Å². The predicted molar refractivity (Wildman–Crippen MR) is 93.9 cm³/mol. The molecule has 1 atom stereocenters. The van der Waals surface area contributed by atoms with Gasteiger partial charge in [-0.2, -0.15) is 5.26 Å². The van der Waals surface area contributed by atoms with E-state index in [2.05, 4.69) is 11.4 Å². The second-order valence-electron chi connectivity index (χ2n) is 6.45. The summed E-state index contributed by atoms with van der Waals surface area (Å²) in [7, 11) is 0. The fourth-order valence-corrected chi connectivity index (χ4v) is 3.38. The quantitative estimate of drug-likeness (QED) is 0.774. The Morgan fingerprint density at radius 1 is 1.35 bits per heavy atom. The SMILES string of the molecule is N#CC1CCCN1C(=O)CNCCN1CCN(c2cccc(F)c2)C1=O. The maximum absolute atomic E-state index is 13.3. The third-order valence-electron chi connectivity index (χ3n) is 4.77. The van der Waals surface area contributed by atoms with Crippen molar-refractivity contribution in [2.45, 2.75) is 18.9 Å². The molecule has 2 aliphatic rings. The molecule has 8 heteroatoms. The fraction of sp³-hybridized carbons (Fsp3) is 0.500. The van der Waals surface area contributed by atoms with Crippen molar-refractivity contribution in [2.75, 3.05) is 44.2 Å². The lowest BCUT2D eigenvalue weighted by Crippen LogP contribution is -2.43. The zero-order valence-electron chi connectivity index (χ0n) is 14.5. The number of urea groups is 1. The first-order valence-corrected chi connectivity index (χ1v) is 8.82. The number of nitriles is 1. The molecule has 0 aliphatic carbocycles. The number of nitrogens with one attached hydrogen (secondary N) is 1. The lowest BCUT2D eigenvalue weighted by molar-refractivity contribution is -0.130. The molecule has 1 unspecified atom stereocenters. The van der Waals surface area contributed by atoms with E-state index in [0.717, 1.165) is 12.8 Å². The summed E-state index contributed by atoms with van der Waals surface area (Å²) < 4.78 is 13.3. The minimum Gasteiger partial charge on any atom is -0.326 e. The molecule has 3 amide bonds. The van der Waals surface area contributed by atoms with E-state index in [9.17, 15) is 14.0 Å². The summed E-state index contributed by atoms with van der Waals surface area (Å²) in [4.78, 5) is 29.4. The first kappa shape index (κ1) is 18.1. The molecule has 3 rings (SSSR count). The molecule has 2 saturated heterocycles.